The van der Waals surface area contributed by atoms with Crippen molar-refractivity contribution in [1.82, 2.24) is 20.1 Å². The van der Waals surface area contributed by atoms with Gasteiger partial charge in [0.15, 0.2) is 0 Å². The smallest absolute Gasteiger partial charge is 0.267 e. The Morgan fingerprint density at radius 3 is 2.68 bits per heavy atom. The molecule has 6 heteroatoms. The van der Waals surface area contributed by atoms with Crippen LogP contribution in [0.1, 0.15) is 33.0 Å². The van der Waals surface area contributed by atoms with Crippen molar-refractivity contribution < 1.29 is 4.79 Å². The maximum absolute atomic E-state index is 12.6. The second-order valence-electron chi connectivity index (χ2n) is 6.86. The minimum atomic E-state index is -0.165. The molecule has 0 unspecified atom stereocenters. The number of carbonyl (C=O) groups excluding carboxylic acids is 1. The maximum Gasteiger partial charge on any atom is 0.267 e. The summed E-state index contributed by atoms with van der Waals surface area (Å²) in [6, 6.07) is 17.6. The van der Waals surface area contributed by atoms with E-state index >= 15 is 0 Å². The largest absolute Gasteiger partial charge is 0.350 e. The molecule has 0 saturated heterocycles. The molecule has 0 aliphatic carbocycles. The van der Waals surface area contributed by atoms with Crippen LogP contribution < -0.4 is 5.32 Å². The number of benzene rings is 2. The summed E-state index contributed by atoms with van der Waals surface area (Å²) in [5.41, 5.74) is 5.56. The van der Waals surface area contributed by atoms with Crippen LogP contribution in [-0.4, -0.2) is 20.7 Å². The first-order valence-corrected chi connectivity index (χ1v) is 9.53. The van der Waals surface area contributed by atoms with E-state index in [-0.39, 0.29) is 5.91 Å². The van der Waals surface area contributed by atoms with Crippen LogP contribution >= 0.6 is 11.6 Å². The predicted molar refractivity (Wildman–Crippen MR) is 112 cm³/mol. The number of nitrogens with zero attached hydrogens (tertiary/aromatic N) is 2. The van der Waals surface area contributed by atoms with Crippen molar-refractivity contribution in [3.63, 3.8) is 0 Å². The number of amides is 1. The van der Waals surface area contributed by atoms with E-state index < -0.39 is 0 Å². The van der Waals surface area contributed by atoms with Gasteiger partial charge >= 0.3 is 0 Å². The lowest BCUT2D eigenvalue weighted by Gasteiger charge is -2.07. The van der Waals surface area contributed by atoms with Crippen LogP contribution in [0.3, 0.4) is 0 Å². The number of aryl methyl sites for hydroxylation is 1. The number of carbonyl (C=O) groups is 1. The normalized spacial score (nSPS) is 11.1. The summed E-state index contributed by atoms with van der Waals surface area (Å²) >= 11 is 6.20. The third-order valence-corrected chi connectivity index (χ3v) is 5.32. The van der Waals surface area contributed by atoms with Crippen molar-refractivity contribution in [2.24, 2.45) is 0 Å². The molecule has 2 aromatic carbocycles. The molecule has 0 saturated carbocycles. The molecule has 0 aliphatic heterocycles. The maximum atomic E-state index is 12.6. The first kappa shape index (κ1) is 18.3. The molecule has 4 aromatic rings. The molecule has 0 atom stereocenters. The lowest BCUT2D eigenvalue weighted by molar-refractivity contribution is 0.0946. The van der Waals surface area contributed by atoms with Gasteiger partial charge in [-0.25, -0.2) is 0 Å². The van der Waals surface area contributed by atoms with Gasteiger partial charge in [0.05, 0.1) is 12.2 Å². The van der Waals surface area contributed by atoms with Gasteiger partial charge in [-0.3, -0.25) is 9.48 Å². The molecule has 2 heterocycles. The van der Waals surface area contributed by atoms with Gasteiger partial charge in [-0.2, -0.15) is 5.10 Å². The summed E-state index contributed by atoms with van der Waals surface area (Å²) in [6.45, 7) is 5.14. The van der Waals surface area contributed by atoms with Crippen molar-refractivity contribution in [3.8, 4) is 0 Å². The Hall–Kier alpha value is -3.05. The lowest BCUT2D eigenvalue weighted by Crippen LogP contribution is -2.23. The fraction of sp³-hybridized carbons (Fsp3) is 0.182. The molecule has 142 valence electrons. The van der Waals surface area contributed by atoms with E-state index in [0.29, 0.717) is 23.8 Å². The van der Waals surface area contributed by atoms with Crippen LogP contribution in [0.5, 0.6) is 0 Å². The standard InChI is InChI=1S/C22H21ClN4O/c1-14-18(15(2)27(26-14)13-16-7-4-3-5-8-16)12-24-22(28)21-11-17-19(23)9-6-10-20(17)25-21/h3-11,25H,12-13H2,1-2H3,(H,24,28). The fourth-order valence-corrected chi connectivity index (χ4v) is 3.63. The molecule has 0 bridgehead atoms. The average molecular weight is 393 g/mol. The van der Waals surface area contributed by atoms with Gasteiger partial charge in [0.1, 0.15) is 5.69 Å². The molecule has 0 fully saturated rings. The van der Waals surface area contributed by atoms with Gasteiger partial charge in [0.2, 0.25) is 0 Å². The molecule has 0 spiro atoms. The summed E-state index contributed by atoms with van der Waals surface area (Å²) in [5, 5.41) is 9.10. The molecular weight excluding hydrogens is 372 g/mol. The van der Waals surface area contributed by atoms with E-state index in [9.17, 15) is 4.79 Å². The van der Waals surface area contributed by atoms with Crippen LogP contribution in [-0.2, 0) is 13.1 Å². The van der Waals surface area contributed by atoms with Crippen molar-refractivity contribution >= 4 is 28.4 Å². The molecule has 2 N–H and O–H groups in total. The van der Waals surface area contributed by atoms with E-state index in [1.165, 1.54) is 5.56 Å². The highest BCUT2D eigenvalue weighted by molar-refractivity contribution is 6.35. The Balaban J connectivity index is 1.49. The third-order valence-electron chi connectivity index (χ3n) is 4.99. The second-order valence-corrected chi connectivity index (χ2v) is 7.27. The first-order chi connectivity index (χ1) is 13.5. The van der Waals surface area contributed by atoms with Gasteiger partial charge in [-0.05, 0) is 37.6 Å². The van der Waals surface area contributed by atoms with Crippen molar-refractivity contribution in [3.05, 3.63) is 87.8 Å². The Bertz CT molecular complexity index is 1140. The van der Waals surface area contributed by atoms with E-state index in [1.54, 1.807) is 6.07 Å². The Labute approximate surface area is 168 Å². The molecular formula is C22H21ClN4O. The van der Waals surface area contributed by atoms with Crippen LogP contribution in [0.25, 0.3) is 10.9 Å². The number of halogens is 1. The number of rotatable bonds is 5. The minimum Gasteiger partial charge on any atom is -0.350 e. The summed E-state index contributed by atoms with van der Waals surface area (Å²) in [6.07, 6.45) is 0. The van der Waals surface area contributed by atoms with Crippen molar-refractivity contribution in [1.29, 1.82) is 0 Å². The molecule has 5 nitrogen and oxygen atoms in total. The zero-order valence-corrected chi connectivity index (χ0v) is 16.5. The molecule has 2 aromatic heterocycles. The first-order valence-electron chi connectivity index (χ1n) is 9.15. The summed E-state index contributed by atoms with van der Waals surface area (Å²) in [4.78, 5) is 15.7. The van der Waals surface area contributed by atoms with Gasteiger partial charge < -0.3 is 10.3 Å². The monoisotopic (exact) mass is 392 g/mol. The molecule has 4 rings (SSSR count). The predicted octanol–water partition coefficient (Wildman–Crippen LogP) is 4.61. The van der Waals surface area contributed by atoms with E-state index in [1.807, 2.05) is 54.9 Å². The average Bonchev–Trinajstić information content (AvgIpc) is 3.24. The van der Waals surface area contributed by atoms with Gasteiger partial charge in [-0.1, -0.05) is 48.0 Å². The second kappa shape index (κ2) is 7.52. The third kappa shape index (κ3) is 3.53. The Morgan fingerprint density at radius 2 is 1.93 bits per heavy atom. The molecule has 0 radical (unpaired) electrons. The molecule has 1 amide bonds. The number of hydrogen-bond donors (Lipinski definition) is 2. The zero-order valence-electron chi connectivity index (χ0n) is 15.8. The van der Waals surface area contributed by atoms with Crippen molar-refractivity contribution in [2.75, 3.05) is 0 Å². The lowest BCUT2D eigenvalue weighted by atomic mass is 10.2. The van der Waals surface area contributed by atoms with Crippen LogP contribution in [0.15, 0.2) is 54.6 Å². The van der Waals surface area contributed by atoms with Crippen molar-refractivity contribution in [2.45, 2.75) is 26.9 Å². The number of aromatic nitrogens is 3. The highest BCUT2D eigenvalue weighted by Gasteiger charge is 2.15. The van der Waals surface area contributed by atoms with E-state index in [4.69, 9.17) is 11.6 Å². The van der Waals surface area contributed by atoms with Gasteiger partial charge in [-0.15, -0.1) is 0 Å². The number of aromatic amines is 1. The SMILES string of the molecule is Cc1nn(Cc2ccccc2)c(C)c1CNC(=O)c1cc2c(Cl)cccc2[nH]1. The summed E-state index contributed by atoms with van der Waals surface area (Å²) in [5.74, 6) is -0.165. The van der Waals surface area contributed by atoms with Crippen LogP contribution in [0, 0.1) is 13.8 Å². The minimum absolute atomic E-state index is 0.165. The highest BCUT2D eigenvalue weighted by atomic mass is 35.5. The number of H-pyrrole nitrogens is 1. The summed E-state index contributed by atoms with van der Waals surface area (Å²) in [7, 11) is 0. The van der Waals surface area contributed by atoms with E-state index in [2.05, 4.69) is 27.5 Å². The topological polar surface area (TPSA) is 62.7 Å². The quantitative estimate of drug-likeness (QED) is 0.520. The molecule has 28 heavy (non-hydrogen) atoms. The Kier molecular flexibility index (Phi) is 4.92. The number of fused-ring (bicyclic) bond motifs is 1. The van der Waals surface area contributed by atoms with Crippen LogP contribution in [0.4, 0.5) is 0 Å². The van der Waals surface area contributed by atoms with Crippen LogP contribution in [0.2, 0.25) is 5.02 Å². The van der Waals surface area contributed by atoms with Gasteiger partial charge in [0, 0.05) is 33.7 Å². The van der Waals surface area contributed by atoms with Gasteiger partial charge in [0.25, 0.3) is 5.91 Å². The zero-order chi connectivity index (χ0) is 19.7. The number of nitrogens with one attached hydrogen (secondary N) is 2. The summed E-state index contributed by atoms with van der Waals surface area (Å²) < 4.78 is 1.98. The fourth-order valence-electron chi connectivity index (χ4n) is 3.40. The number of hydrogen-bond acceptors (Lipinski definition) is 2. The Morgan fingerprint density at radius 1 is 1.14 bits per heavy atom. The van der Waals surface area contributed by atoms with E-state index in [0.717, 1.165) is 27.9 Å². The molecule has 0 aliphatic rings. The highest BCUT2D eigenvalue weighted by Crippen LogP contribution is 2.24.